The summed E-state index contributed by atoms with van der Waals surface area (Å²) in [5.41, 5.74) is 1.64. The first-order chi connectivity index (χ1) is 22.0. The lowest BCUT2D eigenvalue weighted by atomic mass is 9.96. The lowest BCUT2D eigenvalue weighted by Crippen LogP contribution is -2.29. The zero-order valence-electron chi connectivity index (χ0n) is 27.4. The number of aryl methyl sites for hydroxylation is 1. The van der Waals surface area contributed by atoms with Crippen molar-refractivity contribution in [3.05, 3.63) is 92.5 Å². The van der Waals surface area contributed by atoms with Crippen molar-refractivity contribution < 1.29 is 9.59 Å². The van der Waals surface area contributed by atoms with Gasteiger partial charge in [-0.15, -0.1) is 0 Å². The van der Waals surface area contributed by atoms with E-state index in [0.717, 1.165) is 32.7 Å². The van der Waals surface area contributed by atoms with Gasteiger partial charge in [0.05, 0.1) is 21.8 Å². The summed E-state index contributed by atoms with van der Waals surface area (Å²) in [4.78, 5) is 63.4. The standard InChI is InChI=1S/C18H18BrN3O2.C18H19N3O2/c1-18(2,3)16(24)22-17-20-13-7-6-11-5-4-10(9-19)8-12(11)14(13)15(23)21-17;1-10-5-6-11-7-8-13-14(12(11)9-10)15(22)20-17(19-13)21-16(23)18(2,3)4/h4-8H,9H2,1-3H3,(H2,20,21,22,23,24);5-9H,1-4H3,(H2,19,20,21,22,23). The van der Waals surface area contributed by atoms with Crippen LogP contribution in [0.3, 0.4) is 0 Å². The smallest absolute Gasteiger partial charge is 0.260 e. The minimum atomic E-state index is -0.568. The van der Waals surface area contributed by atoms with Crippen LogP contribution in [0, 0.1) is 17.8 Å². The maximum Gasteiger partial charge on any atom is 0.260 e. The molecule has 0 aliphatic carbocycles. The van der Waals surface area contributed by atoms with E-state index in [1.165, 1.54) is 0 Å². The zero-order valence-corrected chi connectivity index (χ0v) is 29.0. The molecule has 2 heterocycles. The van der Waals surface area contributed by atoms with Crippen LogP contribution in [0.2, 0.25) is 0 Å². The molecular formula is C36H37BrN6O4. The second-order valence-electron chi connectivity index (χ2n) is 13.6. The van der Waals surface area contributed by atoms with E-state index in [4.69, 9.17) is 0 Å². The summed E-state index contributed by atoms with van der Waals surface area (Å²) in [6, 6.07) is 19.4. The topological polar surface area (TPSA) is 150 Å². The molecular weight excluding hydrogens is 660 g/mol. The summed E-state index contributed by atoms with van der Waals surface area (Å²) >= 11 is 3.43. The van der Waals surface area contributed by atoms with E-state index in [1.54, 1.807) is 53.7 Å². The lowest BCUT2D eigenvalue weighted by molar-refractivity contribution is -0.123. The molecule has 0 saturated heterocycles. The number of amides is 2. The Morgan fingerprint density at radius 3 is 1.55 bits per heavy atom. The third kappa shape index (κ3) is 7.25. The fraction of sp³-hybridized carbons (Fsp3) is 0.278. The quantitative estimate of drug-likeness (QED) is 0.112. The van der Waals surface area contributed by atoms with Gasteiger partial charge < -0.3 is 0 Å². The Morgan fingerprint density at radius 2 is 1.11 bits per heavy atom. The molecule has 0 bridgehead atoms. The summed E-state index contributed by atoms with van der Waals surface area (Å²) in [5.74, 6) is -0.0538. The molecule has 11 heteroatoms. The van der Waals surface area contributed by atoms with Crippen molar-refractivity contribution in [1.82, 2.24) is 19.9 Å². The summed E-state index contributed by atoms with van der Waals surface area (Å²) in [7, 11) is 0. The molecule has 2 aromatic heterocycles. The first-order valence-electron chi connectivity index (χ1n) is 15.1. The predicted molar refractivity (Wildman–Crippen MR) is 193 cm³/mol. The third-order valence-electron chi connectivity index (χ3n) is 7.58. The number of halogens is 1. The number of H-pyrrole nitrogens is 2. The molecule has 2 amide bonds. The van der Waals surface area contributed by atoms with E-state index in [0.29, 0.717) is 27.1 Å². The number of aromatic nitrogens is 4. The molecule has 6 aromatic rings. The Morgan fingerprint density at radius 1 is 0.681 bits per heavy atom. The first-order valence-corrected chi connectivity index (χ1v) is 16.3. The van der Waals surface area contributed by atoms with Crippen molar-refractivity contribution in [2.75, 3.05) is 10.6 Å². The molecule has 0 atom stereocenters. The summed E-state index contributed by atoms with van der Waals surface area (Å²) < 4.78 is 0. The monoisotopic (exact) mass is 696 g/mol. The van der Waals surface area contributed by atoms with Gasteiger partial charge >= 0.3 is 0 Å². The highest BCUT2D eigenvalue weighted by molar-refractivity contribution is 9.08. The highest BCUT2D eigenvalue weighted by Gasteiger charge is 2.23. The van der Waals surface area contributed by atoms with E-state index in [9.17, 15) is 19.2 Å². The van der Waals surface area contributed by atoms with Crippen molar-refractivity contribution in [1.29, 1.82) is 0 Å². The minimum absolute atomic E-state index is 0.170. The van der Waals surface area contributed by atoms with Gasteiger partial charge in [0, 0.05) is 16.2 Å². The maximum absolute atomic E-state index is 12.6. The van der Waals surface area contributed by atoms with Crippen LogP contribution >= 0.6 is 15.9 Å². The van der Waals surface area contributed by atoms with Crippen LogP contribution in [0.5, 0.6) is 0 Å². The zero-order chi connectivity index (χ0) is 34.3. The van der Waals surface area contributed by atoms with Gasteiger partial charge in [-0.05, 0) is 52.2 Å². The second-order valence-corrected chi connectivity index (χ2v) is 14.1. The third-order valence-corrected chi connectivity index (χ3v) is 8.23. The van der Waals surface area contributed by atoms with Gasteiger partial charge in [0.1, 0.15) is 0 Å². The normalized spacial score (nSPS) is 11.8. The lowest BCUT2D eigenvalue weighted by Gasteiger charge is -2.17. The highest BCUT2D eigenvalue weighted by atomic mass is 79.9. The molecule has 4 N–H and O–H groups in total. The Hall–Kier alpha value is -4.90. The van der Waals surface area contributed by atoms with Crippen LogP contribution in [0.15, 0.2) is 70.3 Å². The first kappa shape index (κ1) is 33.5. The van der Waals surface area contributed by atoms with Gasteiger partial charge in [-0.1, -0.05) is 106 Å². The van der Waals surface area contributed by atoms with E-state index in [-0.39, 0.29) is 34.8 Å². The Balaban J connectivity index is 0.000000185. The molecule has 47 heavy (non-hydrogen) atoms. The summed E-state index contributed by atoms with van der Waals surface area (Å²) in [6.07, 6.45) is 0. The minimum Gasteiger partial charge on any atom is -0.296 e. The Bertz CT molecular complexity index is 2310. The number of carbonyl (C=O) groups excluding carboxylic acids is 2. The Labute approximate surface area is 279 Å². The molecule has 4 aromatic carbocycles. The van der Waals surface area contributed by atoms with Crippen molar-refractivity contribution in [3.8, 4) is 0 Å². The van der Waals surface area contributed by atoms with Crippen LogP contribution in [0.4, 0.5) is 11.9 Å². The highest BCUT2D eigenvalue weighted by Crippen LogP contribution is 2.26. The maximum atomic E-state index is 12.6. The number of fused-ring (bicyclic) bond motifs is 6. The number of anilines is 2. The number of alkyl halides is 1. The number of hydrogen-bond donors (Lipinski definition) is 4. The van der Waals surface area contributed by atoms with Crippen LogP contribution in [0.1, 0.15) is 52.7 Å². The number of benzene rings is 4. The van der Waals surface area contributed by atoms with Gasteiger partial charge in [-0.25, -0.2) is 9.97 Å². The van der Waals surface area contributed by atoms with Gasteiger partial charge in [0.2, 0.25) is 23.7 Å². The predicted octanol–water partition coefficient (Wildman–Crippen LogP) is 7.33. The largest absolute Gasteiger partial charge is 0.296 e. The van der Waals surface area contributed by atoms with Gasteiger partial charge in [-0.2, -0.15) is 0 Å². The number of nitrogens with one attached hydrogen (secondary N) is 4. The fourth-order valence-corrected chi connectivity index (χ4v) is 5.22. The number of aromatic amines is 2. The molecule has 242 valence electrons. The van der Waals surface area contributed by atoms with Crippen LogP contribution < -0.4 is 21.8 Å². The molecule has 0 radical (unpaired) electrons. The van der Waals surface area contributed by atoms with Crippen LogP contribution in [0.25, 0.3) is 43.4 Å². The Kier molecular flexibility index (Phi) is 9.05. The molecule has 0 aliphatic heterocycles. The van der Waals surface area contributed by atoms with Crippen LogP contribution in [-0.2, 0) is 14.9 Å². The molecule has 0 spiro atoms. The van der Waals surface area contributed by atoms with Crippen molar-refractivity contribution in [3.63, 3.8) is 0 Å². The van der Waals surface area contributed by atoms with Crippen molar-refractivity contribution in [2.45, 2.75) is 53.8 Å². The summed E-state index contributed by atoms with van der Waals surface area (Å²) in [5, 5.41) is 10.8. The van der Waals surface area contributed by atoms with Crippen molar-refractivity contribution in [2.24, 2.45) is 10.8 Å². The van der Waals surface area contributed by atoms with Gasteiger partial charge in [0.15, 0.2) is 0 Å². The fourth-order valence-electron chi connectivity index (χ4n) is 4.87. The molecule has 0 fully saturated rings. The van der Waals surface area contributed by atoms with Crippen molar-refractivity contribution >= 4 is 83.0 Å². The molecule has 0 aliphatic rings. The average molecular weight is 698 g/mol. The van der Waals surface area contributed by atoms with E-state index in [2.05, 4.69) is 46.5 Å². The summed E-state index contributed by atoms with van der Waals surface area (Å²) in [6.45, 7) is 12.8. The average Bonchev–Trinajstić information content (AvgIpc) is 2.99. The number of carbonyl (C=O) groups is 2. The SMILES string of the molecule is CC(C)(C)C(=O)Nc1nc2ccc3ccc(CBr)cc3c2c(=O)[nH]1.Cc1ccc2ccc3nc(NC(=O)C(C)(C)C)[nH]c(=O)c3c2c1. The number of nitrogens with zero attached hydrogens (tertiary/aromatic N) is 2. The molecule has 10 nitrogen and oxygen atoms in total. The van der Waals surface area contributed by atoms with Crippen LogP contribution in [-0.4, -0.2) is 31.8 Å². The molecule has 0 unspecified atom stereocenters. The van der Waals surface area contributed by atoms with E-state index < -0.39 is 10.8 Å². The van der Waals surface area contributed by atoms with Gasteiger partial charge in [-0.3, -0.25) is 39.8 Å². The van der Waals surface area contributed by atoms with E-state index in [1.807, 2.05) is 55.5 Å². The van der Waals surface area contributed by atoms with Gasteiger partial charge in [0.25, 0.3) is 11.1 Å². The number of rotatable bonds is 3. The molecule has 0 saturated carbocycles. The second kappa shape index (κ2) is 12.7. The van der Waals surface area contributed by atoms with E-state index >= 15 is 0 Å². The molecule has 6 rings (SSSR count). The number of hydrogen-bond acceptors (Lipinski definition) is 6.